The Kier molecular flexibility index (Phi) is 6.15. The van der Waals surface area contributed by atoms with Gasteiger partial charge in [-0.05, 0) is 57.0 Å². The van der Waals surface area contributed by atoms with Crippen molar-refractivity contribution < 1.29 is 9.47 Å². The molecule has 176 valence electrons. The predicted molar refractivity (Wildman–Crippen MR) is 137 cm³/mol. The van der Waals surface area contributed by atoms with Gasteiger partial charge in [-0.25, -0.2) is 4.98 Å². The number of ether oxygens (including phenoxy) is 2. The zero-order valence-electron chi connectivity index (χ0n) is 20.0. The van der Waals surface area contributed by atoms with Gasteiger partial charge in [-0.15, -0.1) is 11.3 Å². The van der Waals surface area contributed by atoms with Gasteiger partial charge in [0.1, 0.15) is 22.2 Å². The van der Waals surface area contributed by atoms with Crippen LogP contribution in [-0.2, 0) is 6.54 Å². The van der Waals surface area contributed by atoms with Gasteiger partial charge in [0, 0.05) is 22.0 Å². The topological polar surface area (TPSA) is 67.5 Å². The molecule has 0 aliphatic carbocycles. The lowest BCUT2D eigenvalue weighted by atomic mass is 10.0. The van der Waals surface area contributed by atoms with Crippen LogP contribution < -0.4 is 15.0 Å². The van der Waals surface area contributed by atoms with E-state index >= 15 is 0 Å². The van der Waals surface area contributed by atoms with E-state index in [4.69, 9.17) is 14.5 Å². The van der Waals surface area contributed by atoms with E-state index in [1.54, 1.807) is 25.6 Å². The van der Waals surface area contributed by atoms with E-state index in [1.165, 1.54) is 5.56 Å². The van der Waals surface area contributed by atoms with Gasteiger partial charge in [-0.2, -0.15) is 0 Å². The molecular formula is C27H29N3O3S. The zero-order valence-corrected chi connectivity index (χ0v) is 20.8. The number of aromatic nitrogens is 2. The molecule has 1 aliphatic rings. The van der Waals surface area contributed by atoms with E-state index in [9.17, 15) is 4.79 Å². The number of aryl methyl sites for hydroxylation is 2. The molecular weight excluding hydrogens is 446 g/mol. The Morgan fingerprint density at radius 1 is 1.12 bits per heavy atom. The number of H-pyrrole nitrogens is 1. The van der Waals surface area contributed by atoms with E-state index in [0.717, 1.165) is 57.3 Å². The van der Waals surface area contributed by atoms with Crippen molar-refractivity contribution in [1.82, 2.24) is 14.9 Å². The molecule has 2 aromatic heterocycles. The molecule has 0 spiro atoms. The highest BCUT2D eigenvalue weighted by Gasteiger charge is 2.29. The molecule has 2 aromatic carbocycles. The first-order valence-electron chi connectivity index (χ1n) is 11.5. The van der Waals surface area contributed by atoms with Crippen molar-refractivity contribution in [2.24, 2.45) is 0 Å². The first-order chi connectivity index (χ1) is 16.5. The summed E-state index contributed by atoms with van der Waals surface area (Å²) in [5, 5.41) is 0.683. The van der Waals surface area contributed by atoms with E-state index in [2.05, 4.69) is 54.1 Å². The first-order valence-corrected chi connectivity index (χ1v) is 12.4. The second-order valence-electron chi connectivity index (χ2n) is 8.83. The Labute approximate surface area is 203 Å². The second kappa shape index (κ2) is 9.24. The van der Waals surface area contributed by atoms with Crippen molar-refractivity contribution >= 4 is 21.6 Å². The highest BCUT2D eigenvalue weighted by Crippen LogP contribution is 2.40. The van der Waals surface area contributed by atoms with Crippen molar-refractivity contribution in [2.45, 2.75) is 39.3 Å². The molecule has 1 aliphatic heterocycles. The minimum absolute atomic E-state index is 0.0744. The molecule has 0 saturated carbocycles. The molecule has 3 heterocycles. The molecule has 34 heavy (non-hydrogen) atoms. The van der Waals surface area contributed by atoms with Crippen LogP contribution in [0.15, 0.2) is 47.3 Å². The van der Waals surface area contributed by atoms with Crippen LogP contribution in [0.1, 0.15) is 40.7 Å². The van der Waals surface area contributed by atoms with Crippen LogP contribution in [-0.4, -0.2) is 35.6 Å². The molecule has 1 fully saturated rings. The van der Waals surface area contributed by atoms with Crippen molar-refractivity contribution in [1.29, 1.82) is 0 Å². The number of thiophene rings is 1. The van der Waals surface area contributed by atoms with E-state index in [1.807, 2.05) is 12.1 Å². The number of benzene rings is 2. The summed E-state index contributed by atoms with van der Waals surface area (Å²) >= 11 is 1.59. The highest BCUT2D eigenvalue weighted by atomic mass is 32.1. The number of likely N-dealkylation sites (tertiary alicyclic amines) is 1. The molecule has 1 atom stereocenters. The summed E-state index contributed by atoms with van der Waals surface area (Å²) in [5.74, 6) is 2.36. The van der Waals surface area contributed by atoms with Crippen LogP contribution in [0.2, 0.25) is 0 Å². The third-order valence-corrected chi connectivity index (χ3v) is 7.64. The van der Waals surface area contributed by atoms with Gasteiger partial charge in [0.15, 0.2) is 0 Å². The minimum Gasteiger partial charge on any atom is -0.497 e. The second-order valence-corrected chi connectivity index (χ2v) is 10.0. The average Bonchev–Trinajstić information content (AvgIpc) is 3.43. The quantitative estimate of drug-likeness (QED) is 0.392. The molecule has 0 bridgehead atoms. The Hall–Kier alpha value is -3.16. The summed E-state index contributed by atoms with van der Waals surface area (Å²) in [5.41, 5.74) is 4.27. The Bertz CT molecular complexity index is 1390. The lowest BCUT2D eigenvalue weighted by molar-refractivity contribution is 0.236. The maximum absolute atomic E-state index is 13.2. The Morgan fingerprint density at radius 2 is 1.91 bits per heavy atom. The molecule has 0 amide bonds. The van der Waals surface area contributed by atoms with Crippen molar-refractivity contribution in [2.75, 3.05) is 20.8 Å². The van der Waals surface area contributed by atoms with Gasteiger partial charge in [0.05, 0.1) is 26.2 Å². The third-order valence-electron chi connectivity index (χ3n) is 6.64. The largest absolute Gasteiger partial charge is 0.497 e. The lowest BCUT2D eigenvalue weighted by Crippen LogP contribution is -2.26. The fourth-order valence-corrected chi connectivity index (χ4v) is 6.03. The summed E-state index contributed by atoms with van der Waals surface area (Å²) in [6.45, 7) is 5.64. The standard InChI is InChI=1S/C27H29N3O3S/c1-16-7-9-18(10-8-16)24-17(2)34-27-25(24)26(31)28-23(29-27)15-30-13-5-6-21(30)20-14-19(32-3)11-12-22(20)33-4/h7-12,14,21H,5-6,13,15H2,1-4H3,(H,28,29,31)/t21-/m0/s1. The molecule has 1 saturated heterocycles. The SMILES string of the molecule is COc1ccc(OC)c([C@@H]2CCCN2Cc2nc3sc(C)c(-c4ccc(C)cc4)c3c(=O)[nH]2)c1. The summed E-state index contributed by atoms with van der Waals surface area (Å²) in [6, 6.07) is 14.4. The van der Waals surface area contributed by atoms with Crippen LogP contribution in [0.5, 0.6) is 11.5 Å². The van der Waals surface area contributed by atoms with Crippen molar-refractivity contribution in [3.8, 4) is 22.6 Å². The smallest absolute Gasteiger partial charge is 0.260 e. The minimum atomic E-state index is -0.0744. The zero-order chi connectivity index (χ0) is 23.8. The summed E-state index contributed by atoms with van der Waals surface area (Å²) in [7, 11) is 3.37. The number of aromatic amines is 1. The van der Waals surface area contributed by atoms with Crippen molar-refractivity contribution in [3.63, 3.8) is 0 Å². The van der Waals surface area contributed by atoms with Gasteiger partial charge in [0.25, 0.3) is 5.56 Å². The number of hydrogen-bond donors (Lipinski definition) is 1. The van der Waals surface area contributed by atoms with Gasteiger partial charge in [-0.3, -0.25) is 9.69 Å². The average molecular weight is 476 g/mol. The number of fused-ring (bicyclic) bond motifs is 1. The predicted octanol–water partition coefficient (Wildman–Crippen LogP) is 5.62. The number of hydrogen-bond acceptors (Lipinski definition) is 6. The van der Waals surface area contributed by atoms with Crippen LogP contribution in [0.3, 0.4) is 0 Å². The Morgan fingerprint density at radius 3 is 2.65 bits per heavy atom. The first kappa shape index (κ1) is 22.6. The van der Waals surface area contributed by atoms with E-state index in [0.29, 0.717) is 17.8 Å². The van der Waals surface area contributed by atoms with E-state index < -0.39 is 0 Å². The number of nitrogens with one attached hydrogen (secondary N) is 1. The normalized spacial score (nSPS) is 16.3. The summed E-state index contributed by atoms with van der Waals surface area (Å²) in [6.07, 6.45) is 2.10. The van der Waals surface area contributed by atoms with Crippen LogP contribution in [0.25, 0.3) is 21.3 Å². The van der Waals surface area contributed by atoms with Crippen LogP contribution >= 0.6 is 11.3 Å². The van der Waals surface area contributed by atoms with Crippen LogP contribution in [0, 0.1) is 13.8 Å². The molecule has 0 radical (unpaired) electrons. The molecule has 1 N–H and O–H groups in total. The number of rotatable bonds is 6. The molecule has 0 unspecified atom stereocenters. The number of methoxy groups -OCH3 is 2. The molecule has 6 nitrogen and oxygen atoms in total. The summed E-state index contributed by atoms with van der Waals surface area (Å²) < 4.78 is 11.1. The molecule has 4 aromatic rings. The van der Waals surface area contributed by atoms with Gasteiger partial charge < -0.3 is 14.5 Å². The molecule has 7 heteroatoms. The fraction of sp³-hybridized carbons (Fsp3) is 0.333. The fourth-order valence-electron chi connectivity index (χ4n) is 4.97. The Balaban J connectivity index is 1.49. The van der Waals surface area contributed by atoms with Gasteiger partial charge in [0.2, 0.25) is 0 Å². The van der Waals surface area contributed by atoms with Crippen LogP contribution in [0.4, 0.5) is 0 Å². The molecule has 5 rings (SSSR count). The number of nitrogens with zero attached hydrogens (tertiary/aromatic N) is 2. The lowest BCUT2D eigenvalue weighted by Gasteiger charge is -2.26. The summed E-state index contributed by atoms with van der Waals surface area (Å²) in [4.78, 5) is 25.5. The van der Waals surface area contributed by atoms with Crippen molar-refractivity contribution in [3.05, 3.63) is 74.6 Å². The monoisotopic (exact) mass is 475 g/mol. The van der Waals surface area contributed by atoms with E-state index in [-0.39, 0.29) is 11.6 Å². The maximum atomic E-state index is 13.2. The van der Waals surface area contributed by atoms with Gasteiger partial charge >= 0.3 is 0 Å². The highest BCUT2D eigenvalue weighted by molar-refractivity contribution is 7.19. The third kappa shape index (κ3) is 4.10. The van der Waals surface area contributed by atoms with Gasteiger partial charge in [-0.1, -0.05) is 29.8 Å². The maximum Gasteiger partial charge on any atom is 0.260 e.